The maximum absolute atomic E-state index is 11.3. The lowest BCUT2D eigenvalue weighted by Gasteiger charge is -2.33. The molecule has 0 aromatic rings. The minimum Gasteiger partial charge on any atom is -0.633 e. The summed E-state index contributed by atoms with van der Waals surface area (Å²) in [6.45, 7) is 6.12. The molecule has 0 saturated carbocycles. The van der Waals surface area contributed by atoms with E-state index in [0.717, 1.165) is 25.9 Å². The smallest absolute Gasteiger partial charge is 0.0779 e. The molecule has 0 aliphatic rings. The quantitative estimate of drug-likeness (QED) is 0.0943. The van der Waals surface area contributed by atoms with Gasteiger partial charge in [-0.1, -0.05) is 129 Å². The molecule has 0 bridgehead atoms. The Balaban J connectivity index is 0. The lowest BCUT2D eigenvalue weighted by molar-refractivity contribution is -0.840. The second kappa shape index (κ2) is 27.1. The summed E-state index contributed by atoms with van der Waals surface area (Å²) in [4.78, 5) is 0. The van der Waals surface area contributed by atoms with E-state index in [0.29, 0.717) is 0 Å². The van der Waals surface area contributed by atoms with Crippen LogP contribution in [0.3, 0.4) is 0 Å². The molecule has 0 fully saturated rings. The zero-order chi connectivity index (χ0) is 24.3. The van der Waals surface area contributed by atoms with E-state index in [-0.39, 0.29) is 4.65 Å². The number of nitrogens with zero attached hydrogens (tertiary/aromatic N) is 2. The summed E-state index contributed by atoms with van der Waals surface area (Å²) >= 11 is 0. The van der Waals surface area contributed by atoms with Gasteiger partial charge in [0.2, 0.25) is 0 Å². The summed E-state index contributed by atoms with van der Waals surface area (Å²) in [5.41, 5.74) is 0. The molecular formula is C28H62N2O2. The van der Waals surface area contributed by atoms with E-state index in [1.807, 2.05) is 0 Å². The number of unbranched alkanes of at least 4 members (excludes halogenated alkanes) is 19. The van der Waals surface area contributed by atoms with Crippen LogP contribution in [0, 0.1) is 5.21 Å². The van der Waals surface area contributed by atoms with Crippen molar-refractivity contribution >= 4 is 0 Å². The van der Waals surface area contributed by atoms with Crippen LogP contribution in [0.2, 0.25) is 0 Å². The normalized spacial score (nSPS) is 11.6. The van der Waals surface area contributed by atoms with Crippen molar-refractivity contribution in [1.82, 2.24) is 5.06 Å². The van der Waals surface area contributed by atoms with Gasteiger partial charge < -0.3 is 15.1 Å². The Hall–Kier alpha value is -0.160. The molecule has 0 unspecified atom stereocenters. The van der Waals surface area contributed by atoms with Gasteiger partial charge in [0.25, 0.3) is 0 Å². The van der Waals surface area contributed by atoms with Gasteiger partial charge in [0, 0.05) is 13.6 Å². The maximum atomic E-state index is 11.3. The molecule has 0 atom stereocenters. The second-order valence-corrected chi connectivity index (χ2v) is 10.4. The third-order valence-electron chi connectivity index (χ3n) is 6.14. The van der Waals surface area contributed by atoms with Crippen LogP contribution in [-0.4, -0.2) is 49.1 Å². The standard InChI is InChI=1S/2C14H31NO/c1-4-5-6-7-8-9-10-11-12-13-14-15(2,3)16;1-3-4-5-6-7-8-9-10-11-12-13-14-15(2)16/h4-14H2,1-3H3;16H,3-14H2,1-2H3. The molecule has 0 rings (SSSR count). The van der Waals surface area contributed by atoms with Gasteiger partial charge in [0.15, 0.2) is 0 Å². The lowest BCUT2D eigenvalue weighted by Crippen LogP contribution is -2.32. The molecule has 0 saturated heterocycles. The molecule has 0 spiro atoms. The summed E-state index contributed by atoms with van der Waals surface area (Å²) < 4.78 is -0.128. The van der Waals surface area contributed by atoms with Crippen molar-refractivity contribution in [2.75, 3.05) is 34.2 Å². The van der Waals surface area contributed by atoms with E-state index < -0.39 is 0 Å². The Kier molecular flexibility index (Phi) is 28.8. The molecule has 4 heteroatoms. The molecule has 196 valence electrons. The van der Waals surface area contributed by atoms with Gasteiger partial charge in [-0.15, -0.1) is 0 Å². The minimum atomic E-state index is -0.128. The zero-order valence-electron chi connectivity index (χ0n) is 23.0. The van der Waals surface area contributed by atoms with Gasteiger partial charge in [0.1, 0.15) is 0 Å². The number of hydrogen-bond donors (Lipinski definition) is 1. The fraction of sp³-hybridized carbons (Fsp3) is 1.00. The maximum Gasteiger partial charge on any atom is 0.0779 e. The molecule has 32 heavy (non-hydrogen) atoms. The molecule has 0 amide bonds. The van der Waals surface area contributed by atoms with Gasteiger partial charge in [-0.25, -0.2) is 0 Å². The van der Waals surface area contributed by atoms with E-state index in [1.54, 1.807) is 21.1 Å². The third kappa shape index (κ3) is 37.2. The van der Waals surface area contributed by atoms with Crippen LogP contribution in [0.1, 0.15) is 149 Å². The SMILES string of the molecule is CCCCCCCCCCCCCN(C)O.CCCCCCCCCCCC[N+](C)(C)[O-]. The Bertz CT molecular complexity index is 330. The van der Waals surface area contributed by atoms with Crippen molar-refractivity contribution in [2.45, 2.75) is 149 Å². The monoisotopic (exact) mass is 458 g/mol. The molecule has 0 heterocycles. The summed E-state index contributed by atoms with van der Waals surface area (Å²) in [5, 5.41) is 21.5. The first-order chi connectivity index (χ1) is 15.3. The van der Waals surface area contributed by atoms with Crippen molar-refractivity contribution in [3.63, 3.8) is 0 Å². The lowest BCUT2D eigenvalue weighted by atomic mass is 10.1. The topological polar surface area (TPSA) is 46.5 Å². The minimum absolute atomic E-state index is 0.128. The highest BCUT2D eigenvalue weighted by Crippen LogP contribution is 2.12. The van der Waals surface area contributed by atoms with E-state index in [9.17, 15) is 5.21 Å². The molecule has 1 N–H and O–H groups in total. The average molecular weight is 459 g/mol. The predicted molar refractivity (Wildman–Crippen MR) is 143 cm³/mol. The first-order valence-corrected chi connectivity index (χ1v) is 14.3. The van der Waals surface area contributed by atoms with Crippen molar-refractivity contribution < 1.29 is 9.85 Å². The van der Waals surface area contributed by atoms with Crippen molar-refractivity contribution in [2.24, 2.45) is 0 Å². The van der Waals surface area contributed by atoms with Crippen LogP contribution in [-0.2, 0) is 0 Å². The number of quaternary nitrogens is 1. The molecule has 4 nitrogen and oxygen atoms in total. The first-order valence-electron chi connectivity index (χ1n) is 14.3. The predicted octanol–water partition coefficient (Wildman–Crippen LogP) is 9.10. The van der Waals surface area contributed by atoms with Gasteiger partial charge >= 0.3 is 0 Å². The highest BCUT2D eigenvalue weighted by Gasteiger charge is 2.00. The molecule has 0 aromatic heterocycles. The Labute approximate surface area is 203 Å². The van der Waals surface area contributed by atoms with Crippen LogP contribution >= 0.6 is 0 Å². The highest BCUT2D eigenvalue weighted by molar-refractivity contribution is 4.49. The van der Waals surface area contributed by atoms with E-state index in [1.165, 1.54) is 127 Å². The fourth-order valence-corrected chi connectivity index (χ4v) is 3.98. The average Bonchev–Trinajstić information content (AvgIpc) is 2.73. The van der Waals surface area contributed by atoms with Gasteiger partial charge in [-0.2, -0.15) is 5.06 Å². The number of rotatable bonds is 23. The largest absolute Gasteiger partial charge is 0.633 e. The van der Waals surface area contributed by atoms with Gasteiger partial charge in [-0.05, 0) is 19.3 Å². The van der Waals surface area contributed by atoms with Crippen molar-refractivity contribution in [3.8, 4) is 0 Å². The van der Waals surface area contributed by atoms with Crippen LogP contribution in [0.25, 0.3) is 0 Å². The highest BCUT2D eigenvalue weighted by atomic mass is 16.5. The van der Waals surface area contributed by atoms with Crippen LogP contribution < -0.4 is 0 Å². The molecule has 0 radical (unpaired) electrons. The van der Waals surface area contributed by atoms with Crippen LogP contribution in [0.5, 0.6) is 0 Å². The Morgan fingerprint density at radius 1 is 0.531 bits per heavy atom. The molecule has 0 aliphatic heterocycles. The molecule has 0 aromatic carbocycles. The van der Waals surface area contributed by atoms with Gasteiger partial charge in [0.05, 0.1) is 20.6 Å². The second-order valence-electron chi connectivity index (χ2n) is 10.4. The van der Waals surface area contributed by atoms with Crippen LogP contribution in [0.15, 0.2) is 0 Å². The van der Waals surface area contributed by atoms with E-state index in [4.69, 9.17) is 5.21 Å². The Morgan fingerprint density at radius 3 is 1.09 bits per heavy atom. The first kappa shape index (κ1) is 34.0. The third-order valence-corrected chi connectivity index (χ3v) is 6.14. The summed E-state index contributed by atoms with van der Waals surface area (Å²) in [6.07, 6.45) is 28.3. The zero-order valence-corrected chi connectivity index (χ0v) is 23.0. The number of hydroxylamine groups is 5. The summed E-state index contributed by atoms with van der Waals surface area (Å²) in [7, 11) is 5.18. The molecular weight excluding hydrogens is 396 g/mol. The Morgan fingerprint density at radius 2 is 0.812 bits per heavy atom. The molecule has 0 aliphatic carbocycles. The summed E-state index contributed by atoms with van der Waals surface area (Å²) in [5.74, 6) is 0. The van der Waals surface area contributed by atoms with Gasteiger partial charge in [-0.3, -0.25) is 0 Å². The fourth-order valence-electron chi connectivity index (χ4n) is 3.98. The number of hydrogen-bond acceptors (Lipinski definition) is 3. The van der Waals surface area contributed by atoms with Crippen molar-refractivity contribution in [3.05, 3.63) is 5.21 Å². The van der Waals surface area contributed by atoms with Crippen LogP contribution in [0.4, 0.5) is 0 Å². The van der Waals surface area contributed by atoms with Crippen molar-refractivity contribution in [1.29, 1.82) is 0 Å². The van der Waals surface area contributed by atoms with E-state index >= 15 is 0 Å². The summed E-state index contributed by atoms with van der Waals surface area (Å²) in [6, 6.07) is 0. The van der Waals surface area contributed by atoms with E-state index in [2.05, 4.69) is 13.8 Å².